The molecule has 4 nitrogen and oxygen atoms in total. The lowest BCUT2D eigenvalue weighted by Gasteiger charge is -2.31. The Kier molecular flexibility index (Phi) is 9.07. The van der Waals surface area contributed by atoms with Gasteiger partial charge in [-0.2, -0.15) is 0 Å². The lowest BCUT2D eigenvalue weighted by Crippen LogP contribution is -2.46. The normalized spacial score (nSPS) is 12.3. The van der Waals surface area contributed by atoms with E-state index in [-0.39, 0.29) is 35.6 Å². The molecule has 2 aromatic carbocycles. The van der Waals surface area contributed by atoms with E-state index in [0.29, 0.717) is 18.7 Å². The minimum atomic E-state index is -0.309. The zero-order chi connectivity index (χ0) is 26.5. The molecule has 0 aliphatic rings. The minimum Gasteiger partial charge on any atom is -0.332 e. The third-order valence-electron chi connectivity index (χ3n) is 6.63. The average Bonchev–Trinajstić information content (AvgIpc) is 3.26. The first-order chi connectivity index (χ1) is 17.0. The number of aryl methyl sites for hydroxylation is 1. The van der Waals surface area contributed by atoms with E-state index in [2.05, 4.69) is 20.8 Å². The van der Waals surface area contributed by atoms with Gasteiger partial charge in [0.2, 0.25) is 5.91 Å². The van der Waals surface area contributed by atoms with Crippen LogP contribution in [0.15, 0.2) is 60.0 Å². The first kappa shape index (κ1) is 27.6. The number of nitrogens with zero attached hydrogens (tertiary/aromatic N) is 2. The summed E-state index contributed by atoms with van der Waals surface area (Å²) >= 11 is 1.61. The zero-order valence-electron chi connectivity index (χ0n) is 22.2. The molecule has 6 heteroatoms. The van der Waals surface area contributed by atoms with Gasteiger partial charge in [0.25, 0.3) is 5.91 Å². The summed E-state index contributed by atoms with van der Waals surface area (Å²) in [6.07, 6.45) is 0.737. The van der Waals surface area contributed by atoms with Gasteiger partial charge in [-0.3, -0.25) is 9.59 Å². The topological polar surface area (TPSA) is 40.6 Å². The summed E-state index contributed by atoms with van der Waals surface area (Å²) in [6.45, 7) is 13.2. The third-order valence-corrected chi connectivity index (χ3v) is 7.64. The molecule has 0 radical (unpaired) electrons. The van der Waals surface area contributed by atoms with Crippen LogP contribution in [0.5, 0.6) is 0 Å². The van der Waals surface area contributed by atoms with Gasteiger partial charge >= 0.3 is 0 Å². The smallest absolute Gasteiger partial charge is 0.254 e. The molecule has 3 rings (SSSR count). The van der Waals surface area contributed by atoms with Crippen molar-refractivity contribution in [2.75, 3.05) is 6.54 Å². The lowest BCUT2D eigenvalue weighted by atomic mass is 9.86. The highest BCUT2D eigenvalue weighted by Gasteiger charge is 2.27. The second-order valence-corrected chi connectivity index (χ2v) is 11.4. The summed E-state index contributed by atoms with van der Waals surface area (Å²) in [7, 11) is 0. The van der Waals surface area contributed by atoms with Crippen molar-refractivity contribution < 1.29 is 14.0 Å². The molecule has 0 saturated carbocycles. The molecular weight excluding hydrogens is 471 g/mol. The van der Waals surface area contributed by atoms with Crippen molar-refractivity contribution in [3.8, 4) is 0 Å². The van der Waals surface area contributed by atoms with E-state index in [9.17, 15) is 14.0 Å². The van der Waals surface area contributed by atoms with Crippen LogP contribution in [-0.4, -0.2) is 34.2 Å². The van der Waals surface area contributed by atoms with Gasteiger partial charge in [-0.1, -0.05) is 52.0 Å². The molecule has 36 heavy (non-hydrogen) atoms. The first-order valence-corrected chi connectivity index (χ1v) is 13.3. The van der Waals surface area contributed by atoms with Crippen LogP contribution in [0.1, 0.15) is 73.0 Å². The van der Waals surface area contributed by atoms with Crippen LogP contribution in [0.2, 0.25) is 0 Å². The summed E-state index contributed by atoms with van der Waals surface area (Å²) < 4.78 is 13.5. The van der Waals surface area contributed by atoms with Crippen molar-refractivity contribution in [2.45, 2.75) is 72.5 Å². The molecule has 0 fully saturated rings. The zero-order valence-corrected chi connectivity index (χ0v) is 23.0. The van der Waals surface area contributed by atoms with Crippen molar-refractivity contribution >= 4 is 23.2 Å². The largest absolute Gasteiger partial charge is 0.332 e. The molecule has 3 aromatic rings. The maximum absolute atomic E-state index is 13.7. The van der Waals surface area contributed by atoms with E-state index in [0.717, 1.165) is 28.0 Å². The summed E-state index contributed by atoms with van der Waals surface area (Å²) in [6, 6.07) is 15.8. The molecule has 0 saturated heterocycles. The van der Waals surface area contributed by atoms with E-state index in [4.69, 9.17) is 0 Å². The van der Waals surface area contributed by atoms with Crippen molar-refractivity contribution in [3.63, 3.8) is 0 Å². The Morgan fingerprint density at radius 3 is 2.14 bits per heavy atom. The summed E-state index contributed by atoms with van der Waals surface area (Å²) in [5, 5.41) is 2.02. The van der Waals surface area contributed by atoms with Crippen molar-refractivity contribution in [1.82, 2.24) is 9.80 Å². The molecule has 2 amide bonds. The molecule has 0 bridgehead atoms. The van der Waals surface area contributed by atoms with Gasteiger partial charge in [-0.25, -0.2) is 4.39 Å². The van der Waals surface area contributed by atoms with Gasteiger partial charge in [-0.15, -0.1) is 11.3 Å². The summed E-state index contributed by atoms with van der Waals surface area (Å²) in [5.74, 6) is -0.587. The number of thiophene rings is 1. The molecule has 1 heterocycles. The Bertz CT molecular complexity index is 1160. The van der Waals surface area contributed by atoms with Crippen LogP contribution in [0.3, 0.4) is 0 Å². The fourth-order valence-corrected chi connectivity index (χ4v) is 4.88. The van der Waals surface area contributed by atoms with Crippen LogP contribution >= 0.6 is 11.3 Å². The number of halogens is 1. The lowest BCUT2D eigenvalue weighted by molar-refractivity contribution is -0.133. The van der Waals surface area contributed by atoms with Crippen LogP contribution < -0.4 is 0 Å². The Morgan fingerprint density at radius 2 is 1.61 bits per heavy atom. The molecule has 192 valence electrons. The molecule has 1 atom stereocenters. The van der Waals surface area contributed by atoms with Crippen molar-refractivity contribution in [3.05, 3.63) is 92.9 Å². The molecule has 0 aliphatic carbocycles. The molecule has 1 unspecified atom stereocenters. The van der Waals surface area contributed by atoms with Crippen LogP contribution in [0.4, 0.5) is 4.39 Å². The Hall–Kier alpha value is -2.99. The van der Waals surface area contributed by atoms with Crippen molar-refractivity contribution in [1.29, 1.82) is 0 Å². The number of amides is 2. The quantitative estimate of drug-likeness (QED) is 0.313. The van der Waals surface area contributed by atoms with Crippen LogP contribution in [-0.2, 0) is 23.3 Å². The van der Waals surface area contributed by atoms with E-state index < -0.39 is 0 Å². The fourth-order valence-electron chi connectivity index (χ4n) is 3.95. The molecule has 0 N–H and O–H groups in total. The SMILES string of the molecule is CCC(C)N(CC(=O)N(Cc1ccc(F)cc1)Cc1sccc1C)C(=O)c1ccc(C(C)(C)C)cc1. The van der Waals surface area contributed by atoms with Gasteiger partial charge in [-0.05, 0) is 78.1 Å². The summed E-state index contributed by atoms with van der Waals surface area (Å²) in [5.41, 5.74) is 3.70. The number of carbonyl (C=O) groups is 2. The number of hydrogen-bond donors (Lipinski definition) is 0. The molecular formula is C30H37FN2O2S. The third kappa shape index (κ3) is 7.03. The standard InChI is InChI=1S/C30H37FN2O2S/c1-7-22(3)33(29(35)24-10-12-25(13-11-24)30(4,5)6)20-28(34)32(19-27-21(2)16-17-36-27)18-23-8-14-26(31)15-9-23/h8-17,22H,7,18-20H2,1-6H3. The van der Waals surface area contributed by atoms with Crippen LogP contribution in [0, 0.1) is 12.7 Å². The van der Waals surface area contributed by atoms with Crippen LogP contribution in [0.25, 0.3) is 0 Å². The number of carbonyl (C=O) groups excluding carboxylic acids is 2. The highest BCUT2D eigenvalue weighted by atomic mass is 32.1. The number of benzene rings is 2. The van der Waals surface area contributed by atoms with Gasteiger partial charge in [0.1, 0.15) is 12.4 Å². The molecule has 0 spiro atoms. The number of hydrogen-bond acceptors (Lipinski definition) is 3. The first-order valence-electron chi connectivity index (χ1n) is 12.5. The predicted molar refractivity (Wildman–Crippen MR) is 146 cm³/mol. The fraction of sp³-hybridized carbons (Fsp3) is 0.400. The van der Waals surface area contributed by atoms with E-state index in [1.165, 1.54) is 12.1 Å². The average molecular weight is 509 g/mol. The Labute approximate surface area is 218 Å². The Morgan fingerprint density at radius 1 is 0.972 bits per heavy atom. The predicted octanol–water partition coefficient (Wildman–Crippen LogP) is 6.96. The van der Waals surface area contributed by atoms with Gasteiger partial charge in [0.05, 0.1) is 6.54 Å². The molecule has 1 aromatic heterocycles. The maximum atomic E-state index is 13.7. The highest BCUT2D eigenvalue weighted by molar-refractivity contribution is 7.10. The molecule has 0 aliphatic heterocycles. The van der Waals surface area contributed by atoms with Gasteiger partial charge in [0.15, 0.2) is 0 Å². The van der Waals surface area contributed by atoms with Crippen molar-refractivity contribution in [2.24, 2.45) is 0 Å². The maximum Gasteiger partial charge on any atom is 0.254 e. The van der Waals surface area contributed by atoms with E-state index in [1.54, 1.807) is 33.3 Å². The summed E-state index contributed by atoms with van der Waals surface area (Å²) in [4.78, 5) is 31.8. The second kappa shape index (κ2) is 11.8. The number of rotatable bonds is 9. The second-order valence-electron chi connectivity index (χ2n) is 10.4. The van der Waals surface area contributed by atoms with E-state index >= 15 is 0 Å². The van der Waals surface area contributed by atoms with Gasteiger partial charge in [0, 0.05) is 23.0 Å². The van der Waals surface area contributed by atoms with Gasteiger partial charge < -0.3 is 9.80 Å². The Balaban J connectivity index is 1.85. The minimum absolute atomic E-state index is 0.00524. The van der Waals surface area contributed by atoms with E-state index in [1.807, 2.05) is 56.5 Å². The highest BCUT2D eigenvalue weighted by Crippen LogP contribution is 2.24. The monoisotopic (exact) mass is 508 g/mol.